The topological polar surface area (TPSA) is 73.2 Å². The zero-order valence-corrected chi connectivity index (χ0v) is 16.9. The van der Waals surface area contributed by atoms with E-state index in [0.29, 0.717) is 24.3 Å². The van der Waals surface area contributed by atoms with Crippen molar-refractivity contribution in [3.63, 3.8) is 0 Å². The Morgan fingerprint density at radius 1 is 0.966 bits per heavy atom. The molecule has 0 aliphatic heterocycles. The number of carbonyl (C=O) groups is 2. The van der Waals surface area contributed by atoms with Gasteiger partial charge in [0.05, 0.1) is 17.9 Å². The van der Waals surface area contributed by atoms with Gasteiger partial charge in [0.25, 0.3) is 5.91 Å². The molecule has 0 unspecified atom stereocenters. The van der Waals surface area contributed by atoms with Gasteiger partial charge < -0.3 is 10.1 Å². The molecule has 0 radical (unpaired) electrons. The van der Waals surface area contributed by atoms with Gasteiger partial charge >= 0.3 is 5.97 Å². The maximum Gasteiger partial charge on any atom is 0.342 e. The van der Waals surface area contributed by atoms with Gasteiger partial charge in [0.2, 0.25) is 0 Å². The van der Waals surface area contributed by atoms with Gasteiger partial charge in [-0.15, -0.1) is 0 Å². The van der Waals surface area contributed by atoms with E-state index >= 15 is 0 Å². The lowest BCUT2D eigenvalue weighted by Gasteiger charge is -2.08. The first kappa shape index (κ1) is 20.3. The van der Waals surface area contributed by atoms with E-state index in [0.717, 1.165) is 16.8 Å². The third-order valence-corrected chi connectivity index (χ3v) is 4.71. The van der Waals surface area contributed by atoms with Crippen LogP contribution in [0, 0.1) is 20.8 Å². The number of nitrogens with zero attached hydrogens (tertiary/aromatic N) is 2. The van der Waals surface area contributed by atoms with Gasteiger partial charge in [-0.25, -0.2) is 4.79 Å². The summed E-state index contributed by atoms with van der Waals surface area (Å²) < 4.78 is 7.00. The van der Waals surface area contributed by atoms with Crippen LogP contribution in [-0.2, 0) is 22.6 Å². The molecule has 0 spiro atoms. The summed E-state index contributed by atoms with van der Waals surface area (Å²) in [5, 5.41) is 7.21. The number of aromatic nitrogens is 2. The van der Waals surface area contributed by atoms with Crippen molar-refractivity contribution in [1.29, 1.82) is 0 Å². The van der Waals surface area contributed by atoms with E-state index in [9.17, 15) is 9.59 Å². The molecule has 0 bridgehead atoms. The molecule has 1 aromatic heterocycles. The molecule has 0 saturated carbocycles. The molecule has 6 nitrogen and oxygen atoms in total. The first-order chi connectivity index (χ1) is 13.9. The summed E-state index contributed by atoms with van der Waals surface area (Å²) in [6.45, 7) is 6.28. The highest BCUT2D eigenvalue weighted by Gasteiger charge is 2.21. The van der Waals surface area contributed by atoms with Crippen LogP contribution in [0.25, 0.3) is 0 Å². The zero-order chi connectivity index (χ0) is 20.8. The molecule has 0 aliphatic carbocycles. The van der Waals surface area contributed by atoms with Gasteiger partial charge in [-0.1, -0.05) is 60.2 Å². The lowest BCUT2D eigenvalue weighted by molar-refractivity contribution is -0.124. The van der Waals surface area contributed by atoms with Crippen LogP contribution < -0.4 is 5.32 Å². The number of ether oxygens (including phenoxy) is 1. The zero-order valence-electron chi connectivity index (χ0n) is 16.9. The van der Waals surface area contributed by atoms with Crippen LogP contribution in [0.5, 0.6) is 0 Å². The molecule has 0 atom stereocenters. The molecular formula is C23H25N3O3. The summed E-state index contributed by atoms with van der Waals surface area (Å²) >= 11 is 0. The Morgan fingerprint density at radius 3 is 2.34 bits per heavy atom. The Kier molecular flexibility index (Phi) is 6.44. The summed E-state index contributed by atoms with van der Waals surface area (Å²) in [6, 6.07) is 17.7. The first-order valence-electron chi connectivity index (χ1n) is 9.51. The lowest BCUT2D eigenvalue weighted by Crippen LogP contribution is -2.28. The van der Waals surface area contributed by atoms with Crippen molar-refractivity contribution < 1.29 is 14.3 Å². The van der Waals surface area contributed by atoms with Gasteiger partial charge in [-0.05, 0) is 31.9 Å². The second-order valence-electron chi connectivity index (χ2n) is 7.03. The molecule has 3 rings (SSSR count). The number of nitrogens with one attached hydrogen (secondary N) is 1. The molecule has 1 N–H and O–H groups in total. The quantitative estimate of drug-likeness (QED) is 0.627. The third-order valence-electron chi connectivity index (χ3n) is 4.71. The summed E-state index contributed by atoms with van der Waals surface area (Å²) in [6.07, 6.45) is 0. The Hall–Kier alpha value is -3.41. The van der Waals surface area contributed by atoms with Crippen molar-refractivity contribution in [1.82, 2.24) is 15.1 Å². The van der Waals surface area contributed by atoms with Crippen molar-refractivity contribution in [3.05, 3.63) is 88.2 Å². The van der Waals surface area contributed by atoms with E-state index in [1.165, 1.54) is 5.56 Å². The molecule has 3 aromatic rings. The molecular weight excluding hydrogens is 366 g/mol. The Bertz CT molecular complexity index is 992. The fourth-order valence-corrected chi connectivity index (χ4v) is 3.06. The lowest BCUT2D eigenvalue weighted by atomic mass is 10.1. The average molecular weight is 391 g/mol. The van der Waals surface area contributed by atoms with E-state index < -0.39 is 5.97 Å². The molecule has 0 saturated heterocycles. The second-order valence-corrected chi connectivity index (χ2v) is 7.03. The van der Waals surface area contributed by atoms with Crippen molar-refractivity contribution in [2.45, 2.75) is 33.9 Å². The number of aryl methyl sites for hydroxylation is 2. The summed E-state index contributed by atoms with van der Waals surface area (Å²) in [7, 11) is 0. The van der Waals surface area contributed by atoms with E-state index in [1.807, 2.05) is 68.4 Å². The predicted molar refractivity (Wildman–Crippen MR) is 111 cm³/mol. The van der Waals surface area contributed by atoms with E-state index in [2.05, 4.69) is 10.4 Å². The fraction of sp³-hybridized carbons (Fsp3) is 0.261. The number of rotatable bonds is 7. The van der Waals surface area contributed by atoms with Crippen LogP contribution in [0.1, 0.15) is 38.4 Å². The maximum absolute atomic E-state index is 12.5. The van der Waals surface area contributed by atoms with Crippen LogP contribution in [0.3, 0.4) is 0 Å². The highest BCUT2D eigenvalue weighted by molar-refractivity contribution is 5.93. The van der Waals surface area contributed by atoms with E-state index in [1.54, 1.807) is 11.6 Å². The first-order valence-corrected chi connectivity index (χ1v) is 9.51. The maximum atomic E-state index is 12.5. The minimum atomic E-state index is -0.537. The predicted octanol–water partition coefficient (Wildman–Crippen LogP) is 3.33. The average Bonchev–Trinajstić information content (AvgIpc) is 3.00. The number of amides is 1. The SMILES string of the molecule is Cc1ccc(Cn2nc(C)c(C(=O)OCC(=O)NCc3ccccc3)c2C)cc1. The van der Waals surface area contributed by atoms with Crippen molar-refractivity contribution in [3.8, 4) is 0 Å². The Labute approximate surface area is 170 Å². The number of hydrogen-bond acceptors (Lipinski definition) is 4. The highest BCUT2D eigenvalue weighted by atomic mass is 16.5. The summed E-state index contributed by atoms with van der Waals surface area (Å²) in [4.78, 5) is 24.5. The van der Waals surface area contributed by atoms with Crippen molar-refractivity contribution in [2.24, 2.45) is 0 Å². The van der Waals surface area contributed by atoms with Gasteiger partial charge in [0, 0.05) is 6.54 Å². The largest absolute Gasteiger partial charge is 0.452 e. The van der Waals surface area contributed by atoms with Gasteiger partial charge in [0.15, 0.2) is 6.61 Å². The normalized spacial score (nSPS) is 10.6. The number of benzene rings is 2. The van der Waals surface area contributed by atoms with E-state index in [-0.39, 0.29) is 12.5 Å². The van der Waals surface area contributed by atoms with Crippen LogP contribution in [0.15, 0.2) is 54.6 Å². The standard InChI is InChI=1S/C23H25N3O3/c1-16-9-11-20(12-10-16)14-26-18(3)22(17(2)25-26)23(28)29-15-21(27)24-13-19-7-5-4-6-8-19/h4-12H,13-15H2,1-3H3,(H,24,27). The number of hydrogen-bond donors (Lipinski definition) is 1. The molecule has 0 fully saturated rings. The minimum absolute atomic E-state index is 0.326. The third kappa shape index (κ3) is 5.31. The molecule has 29 heavy (non-hydrogen) atoms. The monoisotopic (exact) mass is 391 g/mol. The Balaban J connectivity index is 1.58. The van der Waals surface area contributed by atoms with Gasteiger partial charge in [0.1, 0.15) is 5.56 Å². The second kappa shape index (κ2) is 9.19. The molecule has 150 valence electrons. The van der Waals surface area contributed by atoms with Gasteiger partial charge in [-0.2, -0.15) is 5.10 Å². The van der Waals surface area contributed by atoms with Gasteiger partial charge in [-0.3, -0.25) is 9.48 Å². The van der Waals surface area contributed by atoms with Crippen LogP contribution in [0.4, 0.5) is 0 Å². The van der Waals surface area contributed by atoms with E-state index in [4.69, 9.17) is 4.74 Å². The number of esters is 1. The smallest absolute Gasteiger partial charge is 0.342 e. The molecule has 2 aromatic carbocycles. The minimum Gasteiger partial charge on any atom is -0.452 e. The van der Waals surface area contributed by atoms with Crippen LogP contribution in [-0.4, -0.2) is 28.3 Å². The number of carbonyl (C=O) groups excluding carboxylic acids is 2. The highest BCUT2D eigenvalue weighted by Crippen LogP contribution is 2.16. The molecule has 0 aliphatic rings. The summed E-state index contributed by atoms with van der Waals surface area (Å²) in [5.41, 5.74) is 4.99. The Morgan fingerprint density at radius 2 is 1.66 bits per heavy atom. The molecule has 1 heterocycles. The van der Waals surface area contributed by atoms with Crippen LogP contribution >= 0.6 is 0 Å². The van der Waals surface area contributed by atoms with Crippen molar-refractivity contribution in [2.75, 3.05) is 6.61 Å². The van der Waals surface area contributed by atoms with Crippen molar-refractivity contribution >= 4 is 11.9 Å². The molecule has 6 heteroatoms. The molecule has 1 amide bonds. The fourth-order valence-electron chi connectivity index (χ4n) is 3.06. The van der Waals surface area contributed by atoms with Crippen LogP contribution in [0.2, 0.25) is 0 Å². The summed E-state index contributed by atoms with van der Waals surface area (Å²) in [5.74, 6) is -0.880.